The summed E-state index contributed by atoms with van der Waals surface area (Å²) in [5.74, 6) is -0.719. The highest BCUT2D eigenvalue weighted by molar-refractivity contribution is 7.16. The van der Waals surface area contributed by atoms with Crippen LogP contribution in [0.4, 0.5) is 4.39 Å². The van der Waals surface area contributed by atoms with E-state index >= 15 is 0 Å². The summed E-state index contributed by atoms with van der Waals surface area (Å²) in [6.45, 7) is 0.116. The normalized spacial score (nSPS) is 10.7. The second-order valence-corrected chi connectivity index (χ2v) is 6.62. The van der Waals surface area contributed by atoms with E-state index < -0.39 is 5.97 Å². The van der Waals surface area contributed by atoms with Gasteiger partial charge < -0.3 is 10.8 Å². The first-order valence-electron chi connectivity index (χ1n) is 7.87. The van der Waals surface area contributed by atoms with Crippen molar-refractivity contribution >= 4 is 34.5 Å². The largest absolute Gasteiger partial charge is 0.478 e. The molecule has 0 saturated carbocycles. The van der Waals surface area contributed by atoms with E-state index in [1.807, 2.05) is 16.0 Å². The lowest BCUT2D eigenvalue weighted by Gasteiger charge is -2.04. The molecule has 5 nitrogen and oxygen atoms in total. The standard InChI is InChI=1S/C19H14FN3O2S.ClH/c20-15-13(10-21)2-1-3-14(15)16-18-23(8-9-26-18)17(22-16)11-4-6-12(7-5-11)19(24)25;/h1-9H,10,21H2,(H,24,25);1H. The summed E-state index contributed by atoms with van der Waals surface area (Å²) < 4.78 is 16.6. The molecule has 0 radical (unpaired) electrons. The molecule has 3 N–H and O–H groups in total. The fourth-order valence-corrected chi connectivity index (χ4v) is 3.73. The predicted molar refractivity (Wildman–Crippen MR) is 106 cm³/mol. The van der Waals surface area contributed by atoms with Crippen LogP contribution >= 0.6 is 23.7 Å². The van der Waals surface area contributed by atoms with Gasteiger partial charge in [-0.15, -0.1) is 23.7 Å². The molecule has 4 rings (SSSR count). The molecule has 2 aromatic carbocycles. The van der Waals surface area contributed by atoms with E-state index in [0.29, 0.717) is 22.6 Å². The number of carboxylic acid groups (broad SMARTS) is 1. The Morgan fingerprint density at radius 2 is 1.96 bits per heavy atom. The van der Waals surface area contributed by atoms with Gasteiger partial charge in [0.1, 0.15) is 22.2 Å². The lowest BCUT2D eigenvalue weighted by atomic mass is 10.1. The van der Waals surface area contributed by atoms with Crippen molar-refractivity contribution in [2.24, 2.45) is 5.73 Å². The first kappa shape index (κ1) is 19.0. The second-order valence-electron chi connectivity index (χ2n) is 5.73. The molecule has 4 aromatic rings. The number of nitrogens with zero attached hydrogens (tertiary/aromatic N) is 2. The van der Waals surface area contributed by atoms with Crippen LogP contribution in [0, 0.1) is 5.82 Å². The van der Waals surface area contributed by atoms with E-state index in [-0.39, 0.29) is 30.3 Å². The number of imidazole rings is 1. The molecule has 2 aromatic heterocycles. The summed E-state index contributed by atoms with van der Waals surface area (Å²) in [6, 6.07) is 11.6. The number of hydrogen-bond acceptors (Lipinski definition) is 4. The minimum Gasteiger partial charge on any atom is -0.478 e. The molecular weight excluding hydrogens is 389 g/mol. The zero-order chi connectivity index (χ0) is 18.3. The fraction of sp³-hybridized carbons (Fsp3) is 0.0526. The highest BCUT2D eigenvalue weighted by Crippen LogP contribution is 2.34. The molecule has 0 fully saturated rings. The molecule has 0 aliphatic heterocycles. The summed E-state index contributed by atoms with van der Waals surface area (Å²) in [5, 5.41) is 10.9. The first-order valence-corrected chi connectivity index (χ1v) is 8.75. The third-order valence-electron chi connectivity index (χ3n) is 4.20. The Bertz CT molecular complexity index is 1120. The minimum atomic E-state index is -0.985. The van der Waals surface area contributed by atoms with Gasteiger partial charge >= 0.3 is 5.97 Å². The Morgan fingerprint density at radius 3 is 2.63 bits per heavy atom. The second kappa shape index (κ2) is 7.48. The number of aromatic carboxylic acids is 1. The van der Waals surface area contributed by atoms with Gasteiger partial charge in [-0.05, 0) is 18.2 Å². The number of carbonyl (C=O) groups is 1. The molecule has 138 valence electrons. The van der Waals surface area contributed by atoms with Gasteiger partial charge in [-0.3, -0.25) is 4.40 Å². The number of carboxylic acids is 1. The van der Waals surface area contributed by atoms with E-state index in [9.17, 15) is 9.18 Å². The van der Waals surface area contributed by atoms with Crippen LogP contribution in [0.5, 0.6) is 0 Å². The van der Waals surface area contributed by atoms with Gasteiger partial charge in [0, 0.05) is 34.8 Å². The quantitative estimate of drug-likeness (QED) is 0.527. The van der Waals surface area contributed by atoms with Crippen molar-refractivity contribution < 1.29 is 14.3 Å². The third kappa shape index (κ3) is 3.21. The number of rotatable bonds is 4. The first-order chi connectivity index (χ1) is 12.6. The molecule has 2 heterocycles. The van der Waals surface area contributed by atoms with Gasteiger partial charge in [0.15, 0.2) is 0 Å². The van der Waals surface area contributed by atoms with Crippen molar-refractivity contribution in [1.29, 1.82) is 0 Å². The maximum Gasteiger partial charge on any atom is 0.335 e. The summed E-state index contributed by atoms with van der Waals surface area (Å²) in [7, 11) is 0. The van der Waals surface area contributed by atoms with E-state index in [1.165, 1.54) is 23.5 Å². The maximum atomic E-state index is 14.8. The molecule has 0 aliphatic rings. The molecule has 0 aliphatic carbocycles. The third-order valence-corrected chi connectivity index (χ3v) is 5.07. The summed E-state index contributed by atoms with van der Waals surface area (Å²) in [4.78, 5) is 16.5. The van der Waals surface area contributed by atoms with Crippen molar-refractivity contribution in [3.05, 3.63) is 71.0 Å². The SMILES string of the molecule is Cl.NCc1cccc(-c2nc(-c3ccc(C(=O)O)cc3)n3ccsc23)c1F. The maximum absolute atomic E-state index is 14.8. The lowest BCUT2D eigenvalue weighted by molar-refractivity contribution is 0.0697. The van der Waals surface area contributed by atoms with Crippen LogP contribution in [0.2, 0.25) is 0 Å². The summed E-state index contributed by atoms with van der Waals surface area (Å²) >= 11 is 1.46. The Hall–Kier alpha value is -2.74. The van der Waals surface area contributed by atoms with Crippen molar-refractivity contribution in [1.82, 2.24) is 9.38 Å². The zero-order valence-electron chi connectivity index (χ0n) is 13.9. The van der Waals surface area contributed by atoms with Crippen LogP contribution in [0.15, 0.2) is 54.0 Å². The molecule has 0 unspecified atom stereocenters. The van der Waals surface area contributed by atoms with E-state index in [4.69, 9.17) is 10.8 Å². The van der Waals surface area contributed by atoms with Gasteiger partial charge in [-0.1, -0.05) is 24.3 Å². The number of fused-ring (bicyclic) bond motifs is 1. The smallest absolute Gasteiger partial charge is 0.335 e. The van der Waals surface area contributed by atoms with E-state index in [1.54, 1.807) is 30.3 Å². The van der Waals surface area contributed by atoms with Crippen molar-refractivity contribution in [2.75, 3.05) is 0 Å². The van der Waals surface area contributed by atoms with Crippen LogP contribution in [-0.2, 0) is 6.54 Å². The molecule has 0 amide bonds. The highest BCUT2D eigenvalue weighted by atomic mass is 35.5. The predicted octanol–water partition coefficient (Wildman–Crippen LogP) is 4.45. The molecule has 0 spiro atoms. The van der Waals surface area contributed by atoms with E-state index in [0.717, 1.165) is 10.4 Å². The summed E-state index contributed by atoms with van der Waals surface area (Å²) in [6.07, 6.45) is 1.86. The summed E-state index contributed by atoms with van der Waals surface area (Å²) in [5.41, 5.74) is 7.96. The number of aromatic nitrogens is 2. The minimum absolute atomic E-state index is 0. The lowest BCUT2D eigenvalue weighted by Crippen LogP contribution is -2.01. The van der Waals surface area contributed by atoms with Crippen LogP contribution in [0.25, 0.3) is 27.5 Å². The number of benzene rings is 2. The Morgan fingerprint density at radius 1 is 1.22 bits per heavy atom. The fourth-order valence-electron chi connectivity index (χ4n) is 2.89. The molecule has 0 bridgehead atoms. The van der Waals surface area contributed by atoms with Crippen LogP contribution in [0.3, 0.4) is 0 Å². The average molecular weight is 404 g/mol. The van der Waals surface area contributed by atoms with Crippen LogP contribution in [-0.4, -0.2) is 20.5 Å². The average Bonchev–Trinajstić information content (AvgIpc) is 3.25. The van der Waals surface area contributed by atoms with Gasteiger partial charge in [0.25, 0.3) is 0 Å². The zero-order valence-corrected chi connectivity index (χ0v) is 15.6. The number of nitrogens with two attached hydrogens (primary N) is 1. The molecular formula is C19H15ClFN3O2S. The van der Waals surface area contributed by atoms with Crippen LogP contribution in [0.1, 0.15) is 15.9 Å². The Balaban J connectivity index is 0.00000210. The molecule has 0 saturated heterocycles. The number of halogens is 2. The van der Waals surface area contributed by atoms with Crippen molar-refractivity contribution in [3.63, 3.8) is 0 Å². The molecule has 8 heteroatoms. The number of hydrogen-bond donors (Lipinski definition) is 2. The van der Waals surface area contributed by atoms with E-state index in [2.05, 4.69) is 4.98 Å². The Labute approximate surface area is 164 Å². The highest BCUT2D eigenvalue weighted by Gasteiger charge is 2.19. The monoisotopic (exact) mass is 403 g/mol. The molecule has 0 atom stereocenters. The van der Waals surface area contributed by atoms with Gasteiger partial charge in [-0.2, -0.15) is 0 Å². The van der Waals surface area contributed by atoms with Crippen molar-refractivity contribution in [3.8, 4) is 22.6 Å². The van der Waals surface area contributed by atoms with Crippen LogP contribution < -0.4 is 5.73 Å². The topological polar surface area (TPSA) is 80.6 Å². The number of thiazole rings is 1. The molecule has 27 heavy (non-hydrogen) atoms. The van der Waals surface area contributed by atoms with Crippen molar-refractivity contribution in [2.45, 2.75) is 6.54 Å². The Kier molecular flexibility index (Phi) is 5.27. The van der Waals surface area contributed by atoms with Gasteiger partial charge in [0.2, 0.25) is 0 Å². The van der Waals surface area contributed by atoms with Gasteiger partial charge in [-0.25, -0.2) is 14.2 Å². The van der Waals surface area contributed by atoms with Gasteiger partial charge in [0.05, 0.1) is 5.56 Å².